The second-order valence-corrected chi connectivity index (χ2v) is 7.54. The van der Waals surface area contributed by atoms with E-state index in [-0.39, 0.29) is 12.2 Å². The van der Waals surface area contributed by atoms with Crippen molar-refractivity contribution < 1.29 is 4.79 Å². The van der Waals surface area contributed by atoms with Gasteiger partial charge in [-0.2, -0.15) is 0 Å². The van der Waals surface area contributed by atoms with E-state index in [0.717, 1.165) is 30.1 Å². The summed E-state index contributed by atoms with van der Waals surface area (Å²) >= 11 is 0. The van der Waals surface area contributed by atoms with Crippen molar-refractivity contribution in [2.45, 2.75) is 64.7 Å². The summed E-state index contributed by atoms with van der Waals surface area (Å²) in [6.45, 7) is 6.60. The highest BCUT2D eigenvalue weighted by atomic mass is 16.2. The Balaban J connectivity index is 1.58. The van der Waals surface area contributed by atoms with Crippen LogP contribution in [0.5, 0.6) is 0 Å². The summed E-state index contributed by atoms with van der Waals surface area (Å²) in [5.41, 5.74) is 0. The summed E-state index contributed by atoms with van der Waals surface area (Å²) in [7, 11) is 0. The molecule has 106 valence electrons. The fraction of sp³-hybridized carbons (Fsp3) is 0.938. The molecular formula is C16H26N2O. The Morgan fingerprint density at radius 3 is 2.42 bits per heavy atom. The van der Waals surface area contributed by atoms with Gasteiger partial charge in [0.15, 0.2) is 0 Å². The first kappa shape index (κ1) is 12.2. The van der Waals surface area contributed by atoms with Crippen molar-refractivity contribution in [3.63, 3.8) is 0 Å². The van der Waals surface area contributed by atoms with Crippen LogP contribution in [0.2, 0.25) is 0 Å². The van der Waals surface area contributed by atoms with E-state index >= 15 is 0 Å². The zero-order valence-electron chi connectivity index (χ0n) is 12.3. The van der Waals surface area contributed by atoms with Crippen LogP contribution in [-0.4, -0.2) is 29.1 Å². The highest BCUT2D eigenvalue weighted by molar-refractivity contribution is 5.85. The predicted molar refractivity (Wildman–Crippen MR) is 74.3 cm³/mol. The number of rotatable bonds is 3. The Labute approximate surface area is 116 Å². The Morgan fingerprint density at radius 1 is 1.26 bits per heavy atom. The third kappa shape index (κ3) is 1.51. The lowest BCUT2D eigenvalue weighted by Crippen LogP contribution is -2.44. The number of fused-ring (bicyclic) bond motifs is 5. The first-order valence-corrected chi connectivity index (χ1v) is 8.21. The standard InChI is InChI=1S/C16H26N2O/c1-4-11-16(19)18(15(17-11)8(2)3)14-12-9-5-6-10(7-9)13(12)14/h8-15,17H,4-7H2,1-3H3. The molecule has 1 N–H and O–H groups in total. The van der Waals surface area contributed by atoms with Gasteiger partial charge in [0, 0.05) is 6.04 Å². The Kier molecular flexibility index (Phi) is 2.55. The summed E-state index contributed by atoms with van der Waals surface area (Å²) < 4.78 is 0. The van der Waals surface area contributed by atoms with Gasteiger partial charge in [0.2, 0.25) is 5.91 Å². The van der Waals surface area contributed by atoms with Crippen LogP contribution in [-0.2, 0) is 4.79 Å². The van der Waals surface area contributed by atoms with Crippen molar-refractivity contribution in [1.82, 2.24) is 10.2 Å². The zero-order chi connectivity index (χ0) is 13.3. The Hall–Kier alpha value is -0.570. The molecule has 1 amide bonds. The molecule has 0 radical (unpaired) electrons. The molecule has 0 aromatic rings. The molecule has 4 rings (SSSR count). The molecule has 6 atom stereocenters. The number of hydrogen-bond acceptors (Lipinski definition) is 2. The van der Waals surface area contributed by atoms with Gasteiger partial charge < -0.3 is 4.90 Å². The molecule has 6 unspecified atom stereocenters. The Morgan fingerprint density at radius 2 is 1.89 bits per heavy atom. The van der Waals surface area contributed by atoms with Gasteiger partial charge in [-0.3, -0.25) is 10.1 Å². The van der Waals surface area contributed by atoms with Crippen molar-refractivity contribution in [1.29, 1.82) is 0 Å². The molecule has 4 aliphatic rings. The molecule has 4 fully saturated rings. The summed E-state index contributed by atoms with van der Waals surface area (Å²) in [6.07, 6.45) is 5.54. The number of nitrogens with one attached hydrogen (secondary N) is 1. The SMILES string of the molecule is CCC1NC(C(C)C)N(C2C3C4CCC(C4)C32)C1=O. The quantitative estimate of drug-likeness (QED) is 0.846. The van der Waals surface area contributed by atoms with Crippen LogP contribution >= 0.6 is 0 Å². The minimum atomic E-state index is 0.0754. The summed E-state index contributed by atoms with van der Waals surface area (Å²) in [4.78, 5) is 14.9. The highest BCUT2D eigenvalue weighted by Gasteiger charge is 2.69. The molecule has 2 bridgehead atoms. The molecule has 19 heavy (non-hydrogen) atoms. The third-order valence-electron chi connectivity index (χ3n) is 6.28. The number of hydrogen-bond donors (Lipinski definition) is 1. The monoisotopic (exact) mass is 262 g/mol. The normalized spacial score (nSPS) is 51.3. The van der Waals surface area contributed by atoms with Crippen molar-refractivity contribution in [2.75, 3.05) is 0 Å². The molecule has 1 aliphatic heterocycles. The first-order valence-electron chi connectivity index (χ1n) is 8.21. The van der Waals surface area contributed by atoms with Crippen LogP contribution < -0.4 is 5.32 Å². The van der Waals surface area contributed by atoms with Crippen molar-refractivity contribution in [2.24, 2.45) is 29.6 Å². The smallest absolute Gasteiger partial charge is 0.241 e. The number of carbonyl (C=O) groups is 1. The van der Waals surface area contributed by atoms with Crippen LogP contribution in [0.15, 0.2) is 0 Å². The molecule has 1 heterocycles. The highest BCUT2D eigenvalue weighted by Crippen LogP contribution is 2.67. The van der Waals surface area contributed by atoms with Crippen LogP contribution in [0, 0.1) is 29.6 Å². The first-order chi connectivity index (χ1) is 9.13. The Bertz CT molecular complexity index is 392. The topological polar surface area (TPSA) is 32.3 Å². The van der Waals surface area contributed by atoms with Crippen LogP contribution in [0.1, 0.15) is 46.5 Å². The van der Waals surface area contributed by atoms with Gasteiger partial charge >= 0.3 is 0 Å². The average molecular weight is 262 g/mol. The van der Waals surface area contributed by atoms with Crippen molar-refractivity contribution in [3.05, 3.63) is 0 Å². The molecule has 3 aliphatic carbocycles. The van der Waals surface area contributed by atoms with E-state index in [9.17, 15) is 4.79 Å². The van der Waals surface area contributed by atoms with Gasteiger partial charge in [0.1, 0.15) is 0 Å². The van der Waals surface area contributed by atoms with Crippen molar-refractivity contribution >= 4 is 5.91 Å². The molecule has 3 nitrogen and oxygen atoms in total. The molecule has 0 aromatic carbocycles. The maximum absolute atomic E-state index is 12.7. The lowest BCUT2D eigenvalue weighted by Gasteiger charge is -2.29. The molecule has 1 saturated heterocycles. The molecule has 3 heteroatoms. The summed E-state index contributed by atoms with van der Waals surface area (Å²) in [5, 5.41) is 3.58. The van der Waals surface area contributed by atoms with Gasteiger partial charge in [-0.05, 0) is 55.3 Å². The van der Waals surface area contributed by atoms with E-state index in [1.807, 2.05) is 0 Å². The van der Waals surface area contributed by atoms with E-state index in [1.165, 1.54) is 19.3 Å². The van der Waals surface area contributed by atoms with Gasteiger partial charge in [-0.25, -0.2) is 0 Å². The number of amides is 1. The van der Waals surface area contributed by atoms with Gasteiger partial charge in [0.05, 0.1) is 12.2 Å². The number of carbonyl (C=O) groups excluding carboxylic acids is 1. The largest absolute Gasteiger partial charge is 0.322 e. The maximum atomic E-state index is 12.7. The number of nitrogens with zero attached hydrogens (tertiary/aromatic N) is 1. The summed E-state index contributed by atoms with van der Waals surface area (Å²) in [6, 6.07) is 0.668. The second kappa shape index (κ2) is 3.97. The van der Waals surface area contributed by atoms with E-state index < -0.39 is 0 Å². The fourth-order valence-electron chi connectivity index (χ4n) is 5.46. The van der Waals surface area contributed by atoms with Gasteiger partial charge in [-0.1, -0.05) is 20.8 Å². The van der Waals surface area contributed by atoms with Crippen LogP contribution in [0.3, 0.4) is 0 Å². The second-order valence-electron chi connectivity index (χ2n) is 7.54. The molecule has 0 spiro atoms. The lowest BCUT2D eigenvalue weighted by molar-refractivity contribution is -0.131. The minimum Gasteiger partial charge on any atom is -0.322 e. The van der Waals surface area contributed by atoms with Gasteiger partial charge in [0.25, 0.3) is 0 Å². The summed E-state index contributed by atoms with van der Waals surface area (Å²) in [5.74, 6) is 4.52. The van der Waals surface area contributed by atoms with E-state index in [0.29, 0.717) is 17.9 Å². The minimum absolute atomic E-state index is 0.0754. The van der Waals surface area contributed by atoms with E-state index in [4.69, 9.17) is 0 Å². The van der Waals surface area contributed by atoms with Crippen LogP contribution in [0.4, 0.5) is 0 Å². The van der Waals surface area contributed by atoms with Crippen LogP contribution in [0.25, 0.3) is 0 Å². The molecule has 0 aromatic heterocycles. The maximum Gasteiger partial charge on any atom is 0.241 e. The average Bonchev–Trinajstić information content (AvgIpc) is 2.76. The zero-order valence-corrected chi connectivity index (χ0v) is 12.3. The van der Waals surface area contributed by atoms with E-state index in [2.05, 4.69) is 31.0 Å². The molecular weight excluding hydrogens is 236 g/mol. The van der Waals surface area contributed by atoms with E-state index in [1.54, 1.807) is 0 Å². The predicted octanol–water partition coefficient (Wildman–Crippen LogP) is 2.22. The fourth-order valence-corrected chi connectivity index (χ4v) is 5.46. The molecule has 3 saturated carbocycles. The van der Waals surface area contributed by atoms with Crippen molar-refractivity contribution in [3.8, 4) is 0 Å². The van der Waals surface area contributed by atoms with Gasteiger partial charge in [-0.15, -0.1) is 0 Å². The third-order valence-corrected chi connectivity index (χ3v) is 6.28. The lowest BCUT2D eigenvalue weighted by atomic mass is 10.0.